The molecule has 0 saturated carbocycles. The lowest BCUT2D eigenvalue weighted by atomic mass is 10.2. The molecule has 0 spiro atoms. The summed E-state index contributed by atoms with van der Waals surface area (Å²) < 4.78 is 16.4. The van der Waals surface area contributed by atoms with Crippen molar-refractivity contribution < 1.29 is 13.9 Å². The Kier molecular flexibility index (Phi) is 10.4. The second-order valence-corrected chi connectivity index (χ2v) is 6.15. The highest BCUT2D eigenvalue weighted by atomic mass is 35.5. The SMILES string of the molecule is COc1ccc(-c2ccc(CNCCN3CCOCC3)o2)cc1Cl.Cl.Cl. The zero-order valence-corrected chi connectivity index (χ0v) is 17.1. The number of rotatable bonds is 7. The summed E-state index contributed by atoms with van der Waals surface area (Å²) in [5.41, 5.74) is 0.945. The standard InChI is InChI=1S/C18H23ClN2O3.2ClH/c1-22-18-4-2-14(12-16(18)19)17-5-3-15(24-17)13-20-6-7-21-8-10-23-11-9-21;;/h2-5,12,20H,6-11,13H2,1H3;2*1H. The van der Waals surface area contributed by atoms with Crippen LogP contribution in [0.4, 0.5) is 0 Å². The first-order chi connectivity index (χ1) is 11.8. The molecular formula is C18H25Cl3N2O3. The van der Waals surface area contributed by atoms with E-state index < -0.39 is 0 Å². The number of nitrogens with one attached hydrogen (secondary N) is 1. The maximum Gasteiger partial charge on any atom is 0.137 e. The summed E-state index contributed by atoms with van der Waals surface area (Å²) in [6.07, 6.45) is 0. The molecule has 5 nitrogen and oxygen atoms in total. The highest BCUT2D eigenvalue weighted by Crippen LogP contribution is 2.31. The molecule has 1 N–H and O–H groups in total. The summed E-state index contributed by atoms with van der Waals surface area (Å²) in [7, 11) is 1.61. The number of hydrogen-bond donors (Lipinski definition) is 1. The fraction of sp³-hybridized carbons (Fsp3) is 0.444. The van der Waals surface area contributed by atoms with E-state index in [-0.39, 0.29) is 24.8 Å². The fourth-order valence-electron chi connectivity index (χ4n) is 2.72. The number of methoxy groups -OCH3 is 1. The molecule has 1 saturated heterocycles. The third-order valence-corrected chi connectivity index (χ3v) is 4.40. The van der Waals surface area contributed by atoms with Gasteiger partial charge in [-0.05, 0) is 30.3 Å². The molecule has 2 aromatic rings. The maximum atomic E-state index is 6.17. The normalized spacial score (nSPS) is 14.4. The van der Waals surface area contributed by atoms with Gasteiger partial charge in [0.15, 0.2) is 0 Å². The minimum atomic E-state index is 0. The molecular weight excluding hydrogens is 399 g/mol. The van der Waals surface area contributed by atoms with Crippen LogP contribution in [0.3, 0.4) is 0 Å². The van der Waals surface area contributed by atoms with Gasteiger partial charge in [0, 0.05) is 31.7 Å². The molecule has 1 aromatic heterocycles. The van der Waals surface area contributed by atoms with E-state index in [4.69, 9.17) is 25.5 Å². The molecule has 8 heteroatoms. The molecule has 26 heavy (non-hydrogen) atoms. The van der Waals surface area contributed by atoms with E-state index >= 15 is 0 Å². The van der Waals surface area contributed by atoms with Gasteiger partial charge in [-0.1, -0.05) is 11.6 Å². The van der Waals surface area contributed by atoms with Gasteiger partial charge >= 0.3 is 0 Å². The monoisotopic (exact) mass is 422 g/mol. The van der Waals surface area contributed by atoms with Gasteiger partial charge in [-0.25, -0.2) is 0 Å². The minimum absolute atomic E-state index is 0. The van der Waals surface area contributed by atoms with E-state index in [0.717, 1.165) is 56.5 Å². The van der Waals surface area contributed by atoms with Gasteiger partial charge in [0.05, 0.1) is 31.9 Å². The van der Waals surface area contributed by atoms with E-state index in [1.165, 1.54) is 0 Å². The number of morpholine rings is 1. The summed E-state index contributed by atoms with van der Waals surface area (Å²) in [6, 6.07) is 9.61. The van der Waals surface area contributed by atoms with Gasteiger partial charge in [0.25, 0.3) is 0 Å². The molecule has 146 valence electrons. The van der Waals surface area contributed by atoms with Crippen LogP contribution in [0.2, 0.25) is 5.02 Å². The topological polar surface area (TPSA) is 46.9 Å². The Morgan fingerprint density at radius 2 is 1.92 bits per heavy atom. The van der Waals surface area contributed by atoms with E-state index in [2.05, 4.69) is 10.2 Å². The predicted molar refractivity (Wildman–Crippen MR) is 109 cm³/mol. The molecule has 0 amide bonds. The summed E-state index contributed by atoms with van der Waals surface area (Å²) in [4.78, 5) is 2.41. The zero-order valence-electron chi connectivity index (χ0n) is 14.7. The lowest BCUT2D eigenvalue weighted by Crippen LogP contribution is -2.40. The van der Waals surface area contributed by atoms with Crippen molar-refractivity contribution in [2.24, 2.45) is 0 Å². The number of nitrogens with zero attached hydrogens (tertiary/aromatic N) is 1. The summed E-state index contributed by atoms with van der Waals surface area (Å²) >= 11 is 6.17. The van der Waals surface area contributed by atoms with Crippen LogP contribution in [-0.2, 0) is 11.3 Å². The first-order valence-corrected chi connectivity index (χ1v) is 8.57. The van der Waals surface area contributed by atoms with E-state index in [9.17, 15) is 0 Å². The molecule has 0 radical (unpaired) electrons. The van der Waals surface area contributed by atoms with Crippen molar-refractivity contribution in [3.05, 3.63) is 41.1 Å². The minimum Gasteiger partial charge on any atom is -0.495 e. The van der Waals surface area contributed by atoms with Gasteiger partial charge in [-0.3, -0.25) is 4.90 Å². The second-order valence-electron chi connectivity index (χ2n) is 5.75. The van der Waals surface area contributed by atoms with Gasteiger partial charge in [0.2, 0.25) is 0 Å². The average Bonchev–Trinajstić information content (AvgIpc) is 3.08. The Labute approximate surface area is 171 Å². The number of hydrogen-bond acceptors (Lipinski definition) is 5. The van der Waals surface area contributed by atoms with Crippen LogP contribution >= 0.6 is 36.4 Å². The summed E-state index contributed by atoms with van der Waals surface area (Å²) in [5, 5.41) is 4.00. The smallest absolute Gasteiger partial charge is 0.137 e. The van der Waals surface area contributed by atoms with E-state index in [1.54, 1.807) is 7.11 Å². The van der Waals surface area contributed by atoms with Gasteiger partial charge in [-0.15, -0.1) is 24.8 Å². The molecule has 1 fully saturated rings. The first-order valence-electron chi connectivity index (χ1n) is 8.20. The van der Waals surface area contributed by atoms with Crippen LogP contribution in [0, 0.1) is 0 Å². The molecule has 0 atom stereocenters. The van der Waals surface area contributed by atoms with Crippen LogP contribution < -0.4 is 10.1 Å². The number of benzene rings is 1. The van der Waals surface area contributed by atoms with Crippen molar-refractivity contribution in [2.75, 3.05) is 46.5 Å². The maximum absolute atomic E-state index is 6.17. The van der Waals surface area contributed by atoms with Crippen molar-refractivity contribution in [1.82, 2.24) is 10.2 Å². The van der Waals surface area contributed by atoms with Gasteiger partial charge in [0.1, 0.15) is 17.3 Å². The van der Waals surface area contributed by atoms with Crippen LogP contribution in [0.15, 0.2) is 34.7 Å². The van der Waals surface area contributed by atoms with Crippen molar-refractivity contribution in [3.63, 3.8) is 0 Å². The van der Waals surface area contributed by atoms with E-state index in [1.807, 2.05) is 30.3 Å². The Morgan fingerprint density at radius 1 is 1.15 bits per heavy atom. The number of ether oxygens (including phenoxy) is 2. The lowest BCUT2D eigenvalue weighted by molar-refractivity contribution is 0.0383. The highest BCUT2D eigenvalue weighted by molar-refractivity contribution is 6.32. The first kappa shape index (κ1) is 23.1. The van der Waals surface area contributed by atoms with Gasteiger partial charge < -0.3 is 19.2 Å². The molecule has 2 heterocycles. The Balaban J connectivity index is 0.00000169. The van der Waals surface area contributed by atoms with Crippen molar-refractivity contribution in [3.8, 4) is 17.1 Å². The molecule has 0 aliphatic carbocycles. The van der Waals surface area contributed by atoms with Gasteiger partial charge in [-0.2, -0.15) is 0 Å². The third kappa shape index (κ3) is 6.34. The Hall–Kier alpha value is -0.950. The molecule has 0 unspecified atom stereocenters. The average molecular weight is 424 g/mol. The Bertz CT molecular complexity index is 661. The van der Waals surface area contributed by atoms with Crippen LogP contribution in [0.25, 0.3) is 11.3 Å². The van der Waals surface area contributed by atoms with Crippen molar-refractivity contribution >= 4 is 36.4 Å². The highest BCUT2D eigenvalue weighted by Gasteiger charge is 2.10. The largest absolute Gasteiger partial charge is 0.495 e. The van der Waals surface area contributed by atoms with Crippen molar-refractivity contribution in [2.45, 2.75) is 6.54 Å². The third-order valence-electron chi connectivity index (χ3n) is 4.11. The lowest BCUT2D eigenvalue weighted by Gasteiger charge is -2.26. The van der Waals surface area contributed by atoms with E-state index in [0.29, 0.717) is 17.3 Å². The quantitative estimate of drug-likeness (QED) is 0.685. The van der Waals surface area contributed by atoms with Crippen LogP contribution in [-0.4, -0.2) is 51.4 Å². The second kappa shape index (κ2) is 11.7. The molecule has 1 aliphatic rings. The summed E-state index contributed by atoms with van der Waals surface area (Å²) in [5.74, 6) is 2.39. The molecule has 3 rings (SSSR count). The molecule has 1 aliphatic heterocycles. The number of furan rings is 1. The Morgan fingerprint density at radius 3 is 2.62 bits per heavy atom. The van der Waals surface area contributed by atoms with Crippen LogP contribution in [0.1, 0.15) is 5.76 Å². The fourth-order valence-corrected chi connectivity index (χ4v) is 2.98. The summed E-state index contributed by atoms with van der Waals surface area (Å²) in [6.45, 7) is 6.40. The number of halogens is 3. The molecule has 0 bridgehead atoms. The van der Waals surface area contributed by atoms with Crippen molar-refractivity contribution in [1.29, 1.82) is 0 Å². The zero-order chi connectivity index (χ0) is 16.8. The van der Waals surface area contributed by atoms with Crippen LogP contribution in [0.5, 0.6) is 5.75 Å². The predicted octanol–water partition coefficient (Wildman–Crippen LogP) is 3.87. The molecule has 1 aromatic carbocycles.